The fourth-order valence-electron chi connectivity index (χ4n) is 0.896. The number of hydrogen-bond donors (Lipinski definition) is 3. The average molecular weight is 203 g/mol. The van der Waals surface area contributed by atoms with Gasteiger partial charge in [-0.15, -0.1) is 0 Å². The average Bonchev–Trinajstić information content (AvgIpc) is 2.01. The van der Waals surface area contributed by atoms with Crippen molar-refractivity contribution in [2.24, 2.45) is 5.92 Å². The molecule has 3 N–H and O–H groups in total. The molecule has 0 rings (SSSR count). The molecule has 14 heavy (non-hydrogen) atoms. The van der Waals surface area contributed by atoms with Crippen LogP contribution < -0.4 is 5.32 Å². The highest BCUT2D eigenvalue weighted by molar-refractivity contribution is 5.96. The van der Waals surface area contributed by atoms with Crippen molar-refractivity contribution in [3.8, 4) is 0 Å². The monoisotopic (exact) mass is 203 g/mol. The molecule has 1 unspecified atom stereocenters. The van der Waals surface area contributed by atoms with Crippen molar-refractivity contribution in [3.05, 3.63) is 0 Å². The van der Waals surface area contributed by atoms with Crippen LogP contribution in [0.2, 0.25) is 0 Å². The van der Waals surface area contributed by atoms with E-state index >= 15 is 0 Å². The van der Waals surface area contributed by atoms with Gasteiger partial charge in [-0.25, -0.2) is 0 Å². The van der Waals surface area contributed by atoms with Crippen LogP contribution in [0.15, 0.2) is 0 Å². The third-order valence-electron chi connectivity index (χ3n) is 1.96. The van der Waals surface area contributed by atoms with E-state index in [0.29, 0.717) is 6.42 Å². The van der Waals surface area contributed by atoms with Crippen molar-refractivity contribution >= 4 is 11.9 Å². The number of aliphatic carboxylic acids is 1. The highest BCUT2D eigenvalue weighted by atomic mass is 16.4. The van der Waals surface area contributed by atoms with Gasteiger partial charge in [-0.3, -0.25) is 9.59 Å². The van der Waals surface area contributed by atoms with E-state index in [-0.39, 0.29) is 6.61 Å². The Morgan fingerprint density at radius 3 is 2.29 bits per heavy atom. The smallest absolute Gasteiger partial charge is 0.315 e. The first-order chi connectivity index (χ1) is 6.30. The van der Waals surface area contributed by atoms with Crippen LogP contribution in [-0.4, -0.2) is 34.2 Å². The number of hydrogen-bond acceptors (Lipinski definition) is 3. The van der Waals surface area contributed by atoms with Crippen LogP contribution in [0, 0.1) is 5.92 Å². The van der Waals surface area contributed by atoms with Gasteiger partial charge >= 0.3 is 5.97 Å². The van der Waals surface area contributed by atoms with E-state index in [2.05, 4.69) is 5.32 Å². The molecule has 0 fully saturated rings. The molecular weight excluding hydrogens is 186 g/mol. The second-order valence-electron chi connectivity index (χ2n) is 3.91. The van der Waals surface area contributed by atoms with Gasteiger partial charge in [0.25, 0.3) is 0 Å². The predicted molar refractivity (Wildman–Crippen MR) is 50.7 cm³/mol. The minimum absolute atomic E-state index is 0.0469. The Morgan fingerprint density at radius 1 is 1.43 bits per heavy atom. The molecule has 5 heteroatoms. The minimum Gasteiger partial charge on any atom is -0.481 e. The third-order valence-corrected chi connectivity index (χ3v) is 1.96. The Labute approximate surface area is 83.1 Å². The summed E-state index contributed by atoms with van der Waals surface area (Å²) in [6, 6.07) is 0. The maximum atomic E-state index is 11.3. The second kappa shape index (κ2) is 4.95. The summed E-state index contributed by atoms with van der Waals surface area (Å²) in [5, 5.41) is 19.8. The number of carbonyl (C=O) groups excluding carboxylic acids is 1. The van der Waals surface area contributed by atoms with Gasteiger partial charge < -0.3 is 15.5 Å². The molecular formula is C9H17NO4. The van der Waals surface area contributed by atoms with E-state index in [1.807, 2.05) is 0 Å². The fraction of sp³-hybridized carbons (Fsp3) is 0.778. The lowest BCUT2D eigenvalue weighted by Crippen LogP contribution is -2.47. The zero-order valence-corrected chi connectivity index (χ0v) is 8.70. The van der Waals surface area contributed by atoms with E-state index in [1.54, 1.807) is 13.8 Å². The fourth-order valence-corrected chi connectivity index (χ4v) is 0.896. The largest absolute Gasteiger partial charge is 0.481 e. The van der Waals surface area contributed by atoms with Gasteiger partial charge in [-0.1, -0.05) is 0 Å². The van der Waals surface area contributed by atoms with Gasteiger partial charge in [0.2, 0.25) is 5.91 Å². The Kier molecular flexibility index (Phi) is 4.56. The molecule has 5 nitrogen and oxygen atoms in total. The highest BCUT2D eigenvalue weighted by Crippen LogP contribution is 2.08. The van der Waals surface area contributed by atoms with Crippen LogP contribution in [0.3, 0.4) is 0 Å². The van der Waals surface area contributed by atoms with Gasteiger partial charge in [0, 0.05) is 12.1 Å². The summed E-state index contributed by atoms with van der Waals surface area (Å²) in [6.07, 6.45) is 0.394. The first-order valence-corrected chi connectivity index (χ1v) is 4.46. The molecule has 0 bridgehead atoms. The Balaban J connectivity index is 4.24. The zero-order valence-electron chi connectivity index (χ0n) is 8.70. The van der Waals surface area contributed by atoms with Gasteiger partial charge in [-0.2, -0.15) is 0 Å². The van der Waals surface area contributed by atoms with E-state index in [4.69, 9.17) is 10.2 Å². The van der Waals surface area contributed by atoms with Gasteiger partial charge in [0.15, 0.2) is 0 Å². The van der Waals surface area contributed by atoms with Crippen molar-refractivity contribution in [2.45, 2.75) is 32.7 Å². The quantitative estimate of drug-likeness (QED) is 0.548. The lowest BCUT2D eigenvalue weighted by Gasteiger charge is -2.26. The van der Waals surface area contributed by atoms with Crippen molar-refractivity contribution in [3.63, 3.8) is 0 Å². The lowest BCUT2D eigenvalue weighted by atomic mass is 10.00. The second-order valence-corrected chi connectivity index (χ2v) is 3.91. The van der Waals surface area contributed by atoms with Crippen molar-refractivity contribution in [1.82, 2.24) is 5.32 Å². The summed E-state index contributed by atoms with van der Waals surface area (Å²) in [4.78, 5) is 21.8. The topological polar surface area (TPSA) is 86.6 Å². The Hall–Kier alpha value is -1.10. The molecule has 1 atom stereocenters. The zero-order chi connectivity index (χ0) is 11.4. The maximum absolute atomic E-state index is 11.3. The molecule has 0 heterocycles. The first kappa shape index (κ1) is 12.9. The first-order valence-electron chi connectivity index (χ1n) is 4.46. The van der Waals surface area contributed by atoms with E-state index in [1.165, 1.54) is 6.92 Å². The summed E-state index contributed by atoms with van der Waals surface area (Å²) in [5.41, 5.74) is -0.574. The molecule has 0 saturated heterocycles. The molecule has 82 valence electrons. The molecule has 0 radical (unpaired) electrons. The van der Waals surface area contributed by atoms with E-state index < -0.39 is 23.3 Å². The number of nitrogens with one attached hydrogen (secondary N) is 1. The third kappa shape index (κ3) is 4.23. The summed E-state index contributed by atoms with van der Waals surface area (Å²) >= 11 is 0. The SMILES string of the molecule is CC(C(=O)O)C(=O)NC(C)(C)CCO. The molecule has 0 aliphatic carbocycles. The lowest BCUT2D eigenvalue weighted by molar-refractivity contribution is -0.146. The van der Waals surface area contributed by atoms with Crippen LogP contribution in [0.4, 0.5) is 0 Å². The standard InChI is InChI=1S/C9H17NO4/c1-6(8(13)14)7(12)10-9(2,3)4-5-11/h6,11H,4-5H2,1-3H3,(H,10,12)(H,13,14). The van der Waals surface area contributed by atoms with Crippen LogP contribution in [0.1, 0.15) is 27.2 Å². The van der Waals surface area contributed by atoms with Crippen molar-refractivity contribution in [1.29, 1.82) is 0 Å². The Morgan fingerprint density at radius 2 is 1.93 bits per heavy atom. The normalized spacial score (nSPS) is 13.4. The van der Waals surface area contributed by atoms with Crippen molar-refractivity contribution < 1.29 is 19.8 Å². The number of amides is 1. The van der Waals surface area contributed by atoms with Crippen molar-refractivity contribution in [2.75, 3.05) is 6.61 Å². The molecule has 0 spiro atoms. The number of rotatable bonds is 5. The molecule has 0 aromatic rings. The molecule has 1 amide bonds. The van der Waals surface area contributed by atoms with E-state index in [9.17, 15) is 9.59 Å². The number of aliphatic hydroxyl groups is 1. The van der Waals surface area contributed by atoms with Crippen LogP contribution in [0.25, 0.3) is 0 Å². The van der Waals surface area contributed by atoms with Crippen LogP contribution >= 0.6 is 0 Å². The van der Waals surface area contributed by atoms with Crippen LogP contribution in [-0.2, 0) is 9.59 Å². The summed E-state index contributed by atoms with van der Waals surface area (Å²) in [5.74, 6) is -2.74. The molecule has 0 aliphatic heterocycles. The number of carboxylic acid groups (broad SMARTS) is 1. The number of aliphatic hydroxyl groups excluding tert-OH is 1. The molecule has 0 aromatic heterocycles. The number of carboxylic acids is 1. The van der Waals surface area contributed by atoms with Gasteiger partial charge in [0.05, 0.1) is 0 Å². The Bertz CT molecular complexity index is 225. The minimum atomic E-state index is -1.15. The highest BCUT2D eigenvalue weighted by Gasteiger charge is 2.26. The van der Waals surface area contributed by atoms with Gasteiger partial charge in [-0.05, 0) is 27.2 Å². The van der Waals surface area contributed by atoms with Gasteiger partial charge in [0.1, 0.15) is 5.92 Å². The summed E-state index contributed by atoms with van der Waals surface area (Å²) in [6.45, 7) is 4.74. The molecule has 0 saturated carbocycles. The number of carbonyl (C=O) groups is 2. The summed E-state index contributed by atoms with van der Waals surface area (Å²) < 4.78 is 0. The maximum Gasteiger partial charge on any atom is 0.315 e. The van der Waals surface area contributed by atoms with E-state index in [0.717, 1.165) is 0 Å². The summed E-state index contributed by atoms with van der Waals surface area (Å²) in [7, 11) is 0. The molecule has 0 aliphatic rings. The predicted octanol–water partition coefficient (Wildman–Crippen LogP) is -0.0157. The van der Waals surface area contributed by atoms with Crippen LogP contribution in [0.5, 0.6) is 0 Å². The molecule has 0 aromatic carbocycles.